The smallest absolute Gasteiger partial charge is 0.220 e. The van der Waals surface area contributed by atoms with Gasteiger partial charge < -0.3 is 5.73 Å². The van der Waals surface area contributed by atoms with Gasteiger partial charge >= 0.3 is 0 Å². The van der Waals surface area contributed by atoms with E-state index in [4.69, 9.17) is 11.3 Å². The number of carbonyl (C=O) groups is 1. The van der Waals surface area contributed by atoms with Crippen molar-refractivity contribution < 1.29 is 4.79 Å². The Morgan fingerprint density at radius 2 is 2.12 bits per heavy atom. The predicted molar refractivity (Wildman–Crippen MR) is 61.6 cm³/mol. The van der Waals surface area contributed by atoms with E-state index in [-0.39, 0.29) is 6.54 Å². The first kappa shape index (κ1) is 12.1. The molecule has 5 nitrogen and oxygen atoms in total. The second kappa shape index (κ2) is 5.78. The van der Waals surface area contributed by atoms with E-state index < -0.39 is 11.8 Å². The summed E-state index contributed by atoms with van der Waals surface area (Å²) in [5.74, 6) is -0.869. The van der Waals surface area contributed by atoms with E-state index in [1.807, 2.05) is 31.2 Å². The molecule has 0 aliphatic heterocycles. The number of aryl methyl sites for hydroxylation is 1. The molecule has 0 aromatic heterocycles. The molecule has 16 heavy (non-hydrogen) atoms. The van der Waals surface area contributed by atoms with Crippen molar-refractivity contribution in [2.75, 3.05) is 6.54 Å². The van der Waals surface area contributed by atoms with Gasteiger partial charge in [-0.2, -0.15) is 0 Å². The molecule has 1 rings (SSSR count). The molecule has 1 aromatic carbocycles. The lowest BCUT2D eigenvalue weighted by Crippen LogP contribution is -2.27. The van der Waals surface area contributed by atoms with Crippen molar-refractivity contribution in [2.24, 2.45) is 16.8 Å². The molecule has 1 atom stereocenters. The Labute approximate surface area is 93.9 Å². The first-order valence-corrected chi connectivity index (χ1v) is 4.99. The number of primary amides is 1. The minimum atomic E-state index is -0.437. The first-order valence-electron chi connectivity index (χ1n) is 4.99. The monoisotopic (exact) mass is 218 g/mol. The van der Waals surface area contributed by atoms with Crippen molar-refractivity contribution in [2.45, 2.75) is 13.3 Å². The maximum absolute atomic E-state index is 11.1. The minimum Gasteiger partial charge on any atom is -0.369 e. The SMILES string of the molecule is Cc1ccc(C[C@@H](CN=[N+]=[N-])C(N)=O)cc1. The van der Waals surface area contributed by atoms with Gasteiger partial charge in [-0.3, -0.25) is 4.79 Å². The van der Waals surface area contributed by atoms with Crippen molar-refractivity contribution in [1.29, 1.82) is 0 Å². The normalized spacial score (nSPS) is 11.6. The summed E-state index contributed by atoms with van der Waals surface area (Å²) in [6, 6.07) is 7.84. The van der Waals surface area contributed by atoms with Gasteiger partial charge in [-0.15, -0.1) is 0 Å². The molecule has 0 saturated carbocycles. The fraction of sp³-hybridized carbons (Fsp3) is 0.364. The quantitative estimate of drug-likeness (QED) is 0.456. The Morgan fingerprint density at radius 3 is 2.62 bits per heavy atom. The maximum Gasteiger partial charge on any atom is 0.220 e. The van der Waals surface area contributed by atoms with Crippen LogP contribution in [0.15, 0.2) is 29.4 Å². The highest BCUT2D eigenvalue weighted by atomic mass is 16.1. The number of nitrogens with zero attached hydrogens (tertiary/aromatic N) is 3. The van der Waals surface area contributed by atoms with Crippen molar-refractivity contribution in [3.8, 4) is 0 Å². The molecule has 0 unspecified atom stereocenters. The van der Waals surface area contributed by atoms with E-state index in [0.29, 0.717) is 6.42 Å². The molecule has 5 heteroatoms. The Morgan fingerprint density at radius 1 is 1.50 bits per heavy atom. The Bertz CT molecular complexity index is 406. The number of amides is 1. The summed E-state index contributed by atoms with van der Waals surface area (Å²) in [6.45, 7) is 2.11. The molecule has 0 bridgehead atoms. The number of carbonyl (C=O) groups excluding carboxylic acids is 1. The van der Waals surface area contributed by atoms with Crippen LogP contribution in [0.25, 0.3) is 10.4 Å². The van der Waals surface area contributed by atoms with Gasteiger partial charge in [0.15, 0.2) is 0 Å². The average molecular weight is 218 g/mol. The molecule has 0 aliphatic carbocycles. The van der Waals surface area contributed by atoms with Crippen LogP contribution >= 0.6 is 0 Å². The Kier molecular flexibility index (Phi) is 4.36. The first-order chi connectivity index (χ1) is 7.63. The highest BCUT2D eigenvalue weighted by Gasteiger charge is 2.14. The Balaban J connectivity index is 2.71. The van der Waals surface area contributed by atoms with Crippen LogP contribution in [-0.2, 0) is 11.2 Å². The zero-order valence-corrected chi connectivity index (χ0v) is 9.13. The van der Waals surface area contributed by atoms with Gasteiger partial charge in [0, 0.05) is 17.4 Å². The molecule has 0 spiro atoms. The van der Waals surface area contributed by atoms with E-state index in [0.717, 1.165) is 11.1 Å². The zero-order chi connectivity index (χ0) is 12.0. The highest BCUT2D eigenvalue weighted by molar-refractivity contribution is 5.77. The van der Waals surface area contributed by atoms with Gasteiger partial charge in [0.25, 0.3) is 0 Å². The molecule has 0 aliphatic rings. The van der Waals surface area contributed by atoms with Crippen molar-refractivity contribution in [1.82, 2.24) is 0 Å². The van der Waals surface area contributed by atoms with Gasteiger partial charge in [0.1, 0.15) is 0 Å². The van der Waals surface area contributed by atoms with Gasteiger partial charge in [-0.05, 0) is 24.4 Å². The number of benzene rings is 1. The molecule has 0 heterocycles. The molecule has 0 saturated heterocycles. The lowest BCUT2D eigenvalue weighted by atomic mass is 9.98. The number of rotatable bonds is 5. The minimum absolute atomic E-state index is 0.111. The fourth-order valence-electron chi connectivity index (χ4n) is 1.40. The Hall–Kier alpha value is -2.00. The summed E-state index contributed by atoms with van der Waals surface area (Å²) in [4.78, 5) is 13.7. The third-order valence-corrected chi connectivity index (χ3v) is 2.37. The van der Waals surface area contributed by atoms with Gasteiger partial charge in [-0.25, -0.2) is 0 Å². The average Bonchev–Trinajstić information content (AvgIpc) is 2.26. The van der Waals surface area contributed by atoms with Crippen LogP contribution < -0.4 is 5.73 Å². The second-order valence-electron chi connectivity index (χ2n) is 3.70. The molecule has 1 aromatic rings. The summed E-state index contributed by atoms with van der Waals surface area (Å²) in [5.41, 5.74) is 15.6. The molecular formula is C11H14N4O. The molecule has 0 radical (unpaired) electrons. The van der Waals surface area contributed by atoms with Crippen molar-refractivity contribution in [3.63, 3.8) is 0 Å². The van der Waals surface area contributed by atoms with E-state index in [1.165, 1.54) is 0 Å². The second-order valence-corrected chi connectivity index (χ2v) is 3.70. The number of nitrogens with two attached hydrogens (primary N) is 1. The van der Waals surface area contributed by atoms with E-state index in [1.54, 1.807) is 0 Å². The van der Waals surface area contributed by atoms with E-state index in [2.05, 4.69) is 10.0 Å². The topological polar surface area (TPSA) is 91.8 Å². The lowest BCUT2D eigenvalue weighted by molar-refractivity contribution is -0.121. The van der Waals surface area contributed by atoms with E-state index in [9.17, 15) is 4.79 Å². The summed E-state index contributed by atoms with van der Waals surface area (Å²) in [6.07, 6.45) is 0.509. The zero-order valence-electron chi connectivity index (χ0n) is 9.13. The van der Waals surface area contributed by atoms with Crippen LogP contribution in [0.2, 0.25) is 0 Å². The van der Waals surface area contributed by atoms with Crippen molar-refractivity contribution in [3.05, 3.63) is 45.8 Å². The van der Waals surface area contributed by atoms with Crippen LogP contribution in [0.1, 0.15) is 11.1 Å². The molecule has 0 fully saturated rings. The number of hydrogen-bond acceptors (Lipinski definition) is 2. The third-order valence-electron chi connectivity index (χ3n) is 2.37. The van der Waals surface area contributed by atoms with Crippen LogP contribution in [0.5, 0.6) is 0 Å². The number of azide groups is 1. The summed E-state index contributed by atoms with van der Waals surface area (Å²) < 4.78 is 0. The standard InChI is InChI=1S/C11H14N4O/c1-8-2-4-9(5-3-8)6-10(11(12)16)7-14-15-13/h2-5,10H,6-7H2,1H3,(H2,12,16)/t10-/m0/s1. The summed E-state index contributed by atoms with van der Waals surface area (Å²) in [5, 5.41) is 3.39. The van der Waals surface area contributed by atoms with Gasteiger partial charge in [0.2, 0.25) is 5.91 Å². The van der Waals surface area contributed by atoms with Gasteiger partial charge in [0.05, 0.1) is 0 Å². The fourth-order valence-corrected chi connectivity index (χ4v) is 1.40. The van der Waals surface area contributed by atoms with Crippen LogP contribution in [0.4, 0.5) is 0 Å². The molecule has 84 valence electrons. The third kappa shape index (κ3) is 3.63. The lowest BCUT2D eigenvalue weighted by Gasteiger charge is -2.10. The van der Waals surface area contributed by atoms with Crippen LogP contribution in [0.3, 0.4) is 0 Å². The van der Waals surface area contributed by atoms with E-state index >= 15 is 0 Å². The molecular weight excluding hydrogens is 204 g/mol. The summed E-state index contributed by atoms with van der Waals surface area (Å²) in [7, 11) is 0. The molecule has 2 N–H and O–H groups in total. The predicted octanol–water partition coefficient (Wildman–Crippen LogP) is 1.95. The van der Waals surface area contributed by atoms with Crippen LogP contribution in [-0.4, -0.2) is 12.5 Å². The molecule has 1 amide bonds. The van der Waals surface area contributed by atoms with Crippen LogP contribution in [0, 0.1) is 12.8 Å². The largest absolute Gasteiger partial charge is 0.369 e. The number of hydrogen-bond donors (Lipinski definition) is 1. The summed E-state index contributed by atoms with van der Waals surface area (Å²) >= 11 is 0. The van der Waals surface area contributed by atoms with Gasteiger partial charge in [-0.1, -0.05) is 34.9 Å². The highest BCUT2D eigenvalue weighted by Crippen LogP contribution is 2.10. The van der Waals surface area contributed by atoms with Crippen molar-refractivity contribution >= 4 is 5.91 Å². The maximum atomic E-state index is 11.1.